The largest absolute Gasteiger partial charge is 0.368 e. The monoisotopic (exact) mass is 312 g/mol. The van der Waals surface area contributed by atoms with Crippen molar-refractivity contribution in [3.05, 3.63) is 18.3 Å². The molecule has 6 nitrogen and oxygen atoms in total. The van der Waals surface area contributed by atoms with E-state index >= 15 is 0 Å². The molecule has 1 unspecified atom stereocenters. The van der Waals surface area contributed by atoms with Gasteiger partial charge in [0, 0.05) is 32.8 Å². The van der Waals surface area contributed by atoms with Gasteiger partial charge in [-0.1, -0.05) is 0 Å². The van der Waals surface area contributed by atoms with E-state index in [4.69, 9.17) is 4.74 Å². The Kier molecular flexibility index (Phi) is 5.78. The number of anilines is 2. The van der Waals surface area contributed by atoms with Crippen LogP contribution in [0.25, 0.3) is 0 Å². The van der Waals surface area contributed by atoms with Gasteiger partial charge in [-0.2, -0.15) is 0 Å². The van der Waals surface area contributed by atoms with Gasteiger partial charge in [0.25, 0.3) is 5.91 Å². The number of nitrogens with zero attached hydrogens (tertiary/aromatic N) is 2. The molecular formula is C14H21ClN4O2. The molecule has 21 heavy (non-hydrogen) atoms. The molecule has 1 aromatic heterocycles. The van der Waals surface area contributed by atoms with E-state index in [1.165, 1.54) is 0 Å². The van der Waals surface area contributed by atoms with Crippen molar-refractivity contribution in [2.45, 2.75) is 18.9 Å². The lowest BCUT2D eigenvalue weighted by atomic mass is 10.2. The third-order valence-corrected chi connectivity index (χ3v) is 3.70. The second kappa shape index (κ2) is 7.59. The zero-order valence-corrected chi connectivity index (χ0v) is 12.7. The number of carbonyl (C=O) groups is 1. The Labute approximate surface area is 130 Å². The zero-order chi connectivity index (χ0) is 13.8. The highest BCUT2D eigenvalue weighted by molar-refractivity contribution is 5.93. The molecule has 2 aliphatic heterocycles. The number of halogens is 1. The van der Waals surface area contributed by atoms with Crippen LogP contribution in [0.15, 0.2) is 18.3 Å². The van der Waals surface area contributed by atoms with Crippen LogP contribution in [0.2, 0.25) is 0 Å². The van der Waals surface area contributed by atoms with Gasteiger partial charge in [-0.05, 0) is 25.0 Å². The Bertz CT molecular complexity index is 457. The van der Waals surface area contributed by atoms with E-state index in [-0.39, 0.29) is 24.4 Å². The van der Waals surface area contributed by atoms with Crippen molar-refractivity contribution in [3.8, 4) is 0 Å². The van der Waals surface area contributed by atoms with Crippen molar-refractivity contribution in [1.29, 1.82) is 0 Å². The van der Waals surface area contributed by atoms with Crippen molar-refractivity contribution in [2.24, 2.45) is 0 Å². The van der Waals surface area contributed by atoms with Crippen LogP contribution in [-0.4, -0.2) is 49.8 Å². The molecule has 2 aliphatic rings. The standard InChI is InChI=1S/C14H20N4O2.ClH/c19-14(12-2-1-9-20-12)17-13-4-3-11(10-16-13)18-7-5-15-6-8-18;/h3-4,10,12,15H,1-2,5-9H2,(H,16,17,19);1H. The van der Waals surface area contributed by atoms with Gasteiger partial charge >= 0.3 is 0 Å². The number of ether oxygens (including phenoxy) is 1. The van der Waals surface area contributed by atoms with Gasteiger partial charge in [0.2, 0.25) is 0 Å². The van der Waals surface area contributed by atoms with Crippen molar-refractivity contribution < 1.29 is 9.53 Å². The van der Waals surface area contributed by atoms with Crippen LogP contribution in [0.4, 0.5) is 11.5 Å². The van der Waals surface area contributed by atoms with Crippen LogP contribution in [0.3, 0.4) is 0 Å². The molecule has 0 spiro atoms. The van der Waals surface area contributed by atoms with Gasteiger partial charge in [0.15, 0.2) is 0 Å². The summed E-state index contributed by atoms with van der Waals surface area (Å²) in [4.78, 5) is 18.5. The molecule has 2 saturated heterocycles. The molecule has 1 amide bonds. The second-order valence-electron chi connectivity index (χ2n) is 5.13. The minimum absolute atomic E-state index is 0. The quantitative estimate of drug-likeness (QED) is 0.872. The van der Waals surface area contributed by atoms with Crippen molar-refractivity contribution in [1.82, 2.24) is 10.3 Å². The van der Waals surface area contributed by atoms with Crippen LogP contribution in [-0.2, 0) is 9.53 Å². The fraction of sp³-hybridized carbons (Fsp3) is 0.571. The highest BCUT2D eigenvalue weighted by Gasteiger charge is 2.23. The number of pyridine rings is 1. The third-order valence-electron chi connectivity index (χ3n) is 3.70. The predicted octanol–water partition coefficient (Wildman–Crippen LogP) is 1.03. The van der Waals surface area contributed by atoms with Gasteiger partial charge in [-0.25, -0.2) is 4.98 Å². The summed E-state index contributed by atoms with van der Waals surface area (Å²) < 4.78 is 5.35. The molecule has 2 N–H and O–H groups in total. The lowest BCUT2D eigenvalue weighted by molar-refractivity contribution is -0.124. The predicted molar refractivity (Wildman–Crippen MR) is 84.2 cm³/mol. The number of rotatable bonds is 3. The minimum atomic E-state index is -0.315. The van der Waals surface area contributed by atoms with Crippen molar-refractivity contribution >= 4 is 29.8 Å². The number of carbonyl (C=O) groups excluding carboxylic acids is 1. The Morgan fingerprint density at radius 2 is 2.19 bits per heavy atom. The number of aromatic nitrogens is 1. The van der Waals surface area contributed by atoms with E-state index in [2.05, 4.69) is 20.5 Å². The maximum Gasteiger partial charge on any atom is 0.254 e. The minimum Gasteiger partial charge on any atom is -0.368 e. The van der Waals surface area contributed by atoms with Crippen molar-refractivity contribution in [3.63, 3.8) is 0 Å². The van der Waals surface area contributed by atoms with Gasteiger partial charge in [-0.3, -0.25) is 4.79 Å². The number of nitrogens with one attached hydrogen (secondary N) is 2. The molecule has 1 atom stereocenters. The number of amides is 1. The van der Waals surface area contributed by atoms with Crippen LogP contribution in [0.1, 0.15) is 12.8 Å². The maximum atomic E-state index is 11.9. The van der Waals surface area contributed by atoms with Crippen LogP contribution >= 0.6 is 12.4 Å². The summed E-state index contributed by atoms with van der Waals surface area (Å²) in [6.45, 7) is 4.65. The molecule has 0 saturated carbocycles. The summed E-state index contributed by atoms with van der Waals surface area (Å²) in [6.07, 6.45) is 3.25. The normalized spacial score (nSPS) is 21.7. The fourth-order valence-corrected chi connectivity index (χ4v) is 2.56. The van der Waals surface area contributed by atoms with Gasteiger partial charge < -0.3 is 20.3 Å². The molecule has 2 fully saturated rings. The molecule has 1 aromatic rings. The van der Waals surface area contributed by atoms with E-state index in [0.29, 0.717) is 12.4 Å². The first kappa shape index (κ1) is 16.0. The van der Waals surface area contributed by atoms with Crippen LogP contribution < -0.4 is 15.5 Å². The van der Waals surface area contributed by atoms with Gasteiger partial charge in [-0.15, -0.1) is 12.4 Å². The van der Waals surface area contributed by atoms with Crippen LogP contribution in [0, 0.1) is 0 Å². The summed E-state index contributed by atoms with van der Waals surface area (Å²) in [5.74, 6) is 0.495. The lowest BCUT2D eigenvalue weighted by Crippen LogP contribution is -2.43. The first-order valence-corrected chi connectivity index (χ1v) is 7.17. The molecular weight excluding hydrogens is 292 g/mol. The van der Waals surface area contributed by atoms with E-state index in [9.17, 15) is 4.79 Å². The number of hydrogen-bond acceptors (Lipinski definition) is 5. The Hall–Kier alpha value is -1.37. The van der Waals surface area contributed by atoms with Gasteiger partial charge in [0.05, 0.1) is 11.9 Å². The van der Waals surface area contributed by atoms with Crippen molar-refractivity contribution in [2.75, 3.05) is 43.0 Å². The average Bonchev–Trinajstić information content (AvgIpc) is 3.03. The third kappa shape index (κ3) is 4.06. The Morgan fingerprint density at radius 1 is 1.38 bits per heavy atom. The van der Waals surface area contributed by atoms with E-state index in [1.54, 1.807) is 0 Å². The SMILES string of the molecule is Cl.O=C(Nc1ccc(N2CCNCC2)cn1)C1CCCO1. The number of hydrogen-bond donors (Lipinski definition) is 2. The highest BCUT2D eigenvalue weighted by atomic mass is 35.5. The summed E-state index contributed by atoms with van der Waals surface area (Å²) >= 11 is 0. The maximum absolute atomic E-state index is 11.9. The number of piperazine rings is 1. The summed E-state index contributed by atoms with van der Waals surface area (Å²) in [6, 6.07) is 3.85. The summed E-state index contributed by atoms with van der Waals surface area (Å²) in [5, 5.41) is 6.13. The smallest absolute Gasteiger partial charge is 0.254 e. The Morgan fingerprint density at radius 3 is 2.81 bits per heavy atom. The van der Waals surface area contributed by atoms with E-state index < -0.39 is 0 Å². The summed E-state index contributed by atoms with van der Waals surface area (Å²) in [7, 11) is 0. The molecule has 116 valence electrons. The molecule has 0 radical (unpaired) electrons. The molecule has 3 rings (SSSR count). The molecule has 7 heteroatoms. The van der Waals surface area contributed by atoms with E-state index in [1.807, 2.05) is 18.3 Å². The lowest BCUT2D eigenvalue weighted by Gasteiger charge is -2.29. The van der Waals surface area contributed by atoms with E-state index in [0.717, 1.165) is 44.7 Å². The zero-order valence-electron chi connectivity index (χ0n) is 11.9. The topological polar surface area (TPSA) is 66.5 Å². The summed E-state index contributed by atoms with van der Waals surface area (Å²) in [5.41, 5.74) is 1.10. The highest BCUT2D eigenvalue weighted by Crippen LogP contribution is 2.17. The second-order valence-corrected chi connectivity index (χ2v) is 5.13. The fourth-order valence-electron chi connectivity index (χ4n) is 2.56. The first-order valence-electron chi connectivity index (χ1n) is 7.17. The molecule has 0 aliphatic carbocycles. The van der Waals surface area contributed by atoms with Crippen LogP contribution in [0.5, 0.6) is 0 Å². The molecule has 0 bridgehead atoms. The molecule has 0 aromatic carbocycles. The Balaban J connectivity index is 0.00000161. The van der Waals surface area contributed by atoms with Gasteiger partial charge in [0.1, 0.15) is 11.9 Å². The average molecular weight is 313 g/mol. The first-order chi connectivity index (χ1) is 9.83. The molecule has 3 heterocycles.